The lowest BCUT2D eigenvalue weighted by Gasteiger charge is -2.10. The highest BCUT2D eigenvalue weighted by atomic mass is 16.5. The van der Waals surface area contributed by atoms with Gasteiger partial charge in [0.2, 0.25) is 0 Å². The van der Waals surface area contributed by atoms with E-state index >= 15 is 0 Å². The molecular weight excluding hydrogens is 272 g/mol. The van der Waals surface area contributed by atoms with Gasteiger partial charge in [0.1, 0.15) is 5.69 Å². The lowest BCUT2D eigenvalue weighted by atomic mass is 10.2. The molecule has 0 aliphatic rings. The van der Waals surface area contributed by atoms with Crippen molar-refractivity contribution in [1.82, 2.24) is 20.5 Å². The summed E-state index contributed by atoms with van der Waals surface area (Å²) in [7, 11) is 5.42. The van der Waals surface area contributed by atoms with Gasteiger partial charge in [0.15, 0.2) is 0 Å². The molecule has 0 atom stereocenters. The third-order valence-corrected chi connectivity index (χ3v) is 2.69. The molecule has 0 fully saturated rings. The van der Waals surface area contributed by atoms with Crippen molar-refractivity contribution < 1.29 is 14.3 Å². The maximum atomic E-state index is 12.0. The lowest BCUT2D eigenvalue weighted by Crippen LogP contribution is -2.32. The molecule has 1 aromatic heterocycles. The summed E-state index contributed by atoms with van der Waals surface area (Å²) in [5.74, 6) is -0.541. The van der Waals surface area contributed by atoms with Crippen molar-refractivity contribution in [3.05, 3.63) is 29.6 Å². The van der Waals surface area contributed by atoms with Crippen LogP contribution in [0.2, 0.25) is 0 Å². The predicted octanol–water partition coefficient (Wildman–Crippen LogP) is -0.251. The number of nitrogens with zero attached hydrogens (tertiary/aromatic N) is 2. The molecule has 0 bridgehead atoms. The number of carbonyl (C=O) groups excluding carboxylic acids is 2. The number of rotatable bonds is 8. The molecule has 1 aromatic rings. The van der Waals surface area contributed by atoms with Crippen LogP contribution in [0.3, 0.4) is 0 Å². The first-order valence-corrected chi connectivity index (χ1v) is 6.70. The quantitative estimate of drug-likeness (QED) is 0.646. The van der Waals surface area contributed by atoms with Crippen LogP contribution < -0.4 is 10.6 Å². The van der Waals surface area contributed by atoms with Crippen molar-refractivity contribution in [3.8, 4) is 0 Å². The van der Waals surface area contributed by atoms with Crippen molar-refractivity contribution in [2.24, 2.45) is 0 Å². The summed E-state index contributed by atoms with van der Waals surface area (Å²) in [6.45, 7) is 2.12. The van der Waals surface area contributed by atoms with Crippen LogP contribution in [-0.2, 0) is 4.74 Å². The number of aromatic nitrogens is 1. The van der Waals surface area contributed by atoms with E-state index in [0.717, 1.165) is 6.54 Å². The van der Waals surface area contributed by atoms with Gasteiger partial charge >= 0.3 is 0 Å². The molecule has 21 heavy (non-hydrogen) atoms. The monoisotopic (exact) mass is 294 g/mol. The normalized spacial score (nSPS) is 10.5. The Kier molecular flexibility index (Phi) is 7.34. The minimum absolute atomic E-state index is 0.214. The largest absolute Gasteiger partial charge is 0.383 e. The summed E-state index contributed by atoms with van der Waals surface area (Å²) in [4.78, 5) is 29.7. The molecular formula is C14H22N4O3. The molecule has 7 heteroatoms. The van der Waals surface area contributed by atoms with Crippen molar-refractivity contribution >= 4 is 11.8 Å². The Morgan fingerprint density at radius 3 is 2.62 bits per heavy atom. The summed E-state index contributed by atoms with van der Waals surface area (Å²) in [5.41, 5.74) is 0.631. The zero-order chi connectivity index (χ0) is 15.7. The Hall–Kier alpha value is -1.99. The van der Waals surface area contributed by atoms with Crippen LogP contribution in [0.1, 0.15) is 20.8 Å². The molecule has 0 spiro atoms. The van der Waals surface area contributed by atoms with Crippen LogP contribution in [0.4, 0.5) is 0 Å². The molecule has 1 heterocycles. The van der Waals surface area contributed by atoms with Crippen LogP contribution in [0.25, 0.3) is 0 Å². The smallest absolute Gasteiger partial charge is 0.269 e. The van der Waals surface area contributed by atoms with Crippen molar-refractivity contribution in [2.75, 3.05) is 47.4 Å². The molecule has 0 aliphatic heterocycles. The maximum absolute atomic E-state index is 12.0. The van der Waals surface area contributed by atoms with Gasteiger partial charge in [-0.25, -0.2) is 0 Å². The Balaban J connectivity index is 2.58. The number of amides is 2. The number of methoxy groups -OCH3 is 1. The van der Waals surface area contributed by atoms with Crippen LogP contribution in [0.15, 0.2) is 18.3 Å². The molecule has 0 radical (unpaired) electrons. The second-order valence-electron chi connectivity index (χ2n) is 4.74. The fourth-order valence-corrected chi connectivity index (χ4v) is 1.55. The van der Waals surface area contributed by atoms with Gasteiger partial charge in [0, 0.05) is 38.5 Å². The maximum Gasteiger partial charge on any atom is 0.269 e. The van der Waals surface area contributed by atoms with E-state index in [-0.39, 0.29) is 17.5 Å². The highest BCUT2D eigenvalue weighted by Gasteiger charge is 2.11. The minimum Gasteiger partial charge on any atom is -0.383 e. The summed E-state index contributed by atoms with van der Waals surface area (Å²) in [6, 6.07) is 3.06. The van der Waals surface area contributed by atoms with Gasteiger partial charge in [-0.2, -0.15) is 0 Å². The fourth-order valence-electron chi connectivity index (χ4n) is 1.55. The van der Waals surface area contributed by atoms with E-state index < -0.39 is 0 Å². The van der Waals surface area contributed by atoms with Gasteiger partial charge in [0.25, 0.3) is 11.8 Å². The van der Waals surface area contributed by atoms with Gasteiger partial charge in [-0.3, -0.25) is 14.6 Å². The summed E-state index contributed by atoms with van der Waals surface area (Å²) in [5, 5.41) is 5.45. The van der Waals surface area contributed by atoms with Crippen LogP contribution in [0.5, 0.6) is 0 Å². The van der Waals surface area contributed by atoms with Gasteiger partial charge < -0.3 is 20.3 Å². The van der Waals surface area contributed by atoms with Gasteiger partial charge in [-0.1, -0.05) is 0 Å². The molecule has 0 saturated heterocycles. The van der Waals surface area contributed by atoms with E-state index in [1.54, 1.807) is 13.2 Å². The van der Waals surface area contributed by atoms with E-state index in [1.807, 2.05) is 19.0 Å². The lowest BCUT2D eigenvalue weighted by molar-refractivity contribution is 0.0932. The van der Waals surface area contributed by atoms with Crippen LogP contribution in [0, 0.1) is 0 Å². The van der Waals surface area contributed by atoms with Crippen LogP contribution >= 0.6 is 0 Å². The SMILES string of the molecule is COCCNC(=O)c1cc(C(=O)NCCN(C)C)ccn1. The summed E-state index contributed by atoms with van der Waals surface area (Å²) in [6.07, 6.45) is 1.45. The third-order valence-electron chi connectivity index (χ3n) is 2.69. The summed E-state index contributed by atoms with van der Waals surface area (Å²) >= 11 is 0. The third kappa shape index (κ3) is 6.33. The molecule has 2 N–H and O–H groups in total. The highest BCUT2D eigenvalue weighted by Crippen LogP contribution is 2.02. The Morgan fingerprint density at radius 2 is 1.95 bits per heavy atom. The van der Waals surface area contributed by atoms with E-state index in [1.165, 1.54) is 12.3 Å². The second-order valence-corrected chi connectivity index (χ2v) is 4.74. The van der Waals surface area contributed by atoms with Gasteiger partial charge in [-0.15, -0.1) is 0 Å². The number of pyridine rings is 1. The summed E-state index contributed by atoms with van der Waals surface area (Å²) < 4.78 is 4.85. The van der Waals surface area contributed by atoms with E-state index in [0.29, 0.717) is 25.3 Å². The number of ether oxygens (including phenoxy) is 1. The Labute approximate surface area is 124 Å². The topological polar surface area (TPSA) is 83.6 Å². The molecule has 116 valence electrons. The number of hydrogen-bond acceptors (Lipinski definition) is 5. The molecule has 2 amide bonds. The van der Waals surface area contributed by atoms with Crippen molar-refractivity contribution in [1.29, 1.82) is 0 Å². The van der Waals surface area contributed by atoms with Gasteiger partial charge in [0.05, 0.1) is 6.61 Å². The number of carbonyl (C=O) groups is 2. The molecule has 0 unspecified atom stereocenters. The molecule has 1 rings (SSSR count). The predicted molar refractivity (Wildman–Crippen MR) is 79.3 cm³/mol. The first-order chi connectivity index (χ1) is 10.0. The number of hydrogen-bond donors (Lipinski definition) is 2. The zero-order valence-electron chi connectivity index (χ0n) is 12.7. The average molecular weight is 294 g/mol. The van der Waals surface area contributed by atoms with Crippen molar-refractivity contribution in [2.45, 2.75) is 0 Å². The zero-order valence-corrected chi connectivity index (χ0v) is 12.7. The van der Waals surface area contributed by atoms with E-state index in [4.69, 9.17) is 4.74 Å². The average Bonchev–Trinajstić information content (AvgIpc) is 2.47. The standard InChI is InChI=1S/C14H22N4O3/c1-18(2)8-6-16-13(19)11-4-5-15-12(10-11)14(20)17-7-9-21-3/h4-5,10H,6-9H2,1-3H3,(H,16,19)(H,17,20). The Bertz CT molecular complexity index is 477. The van der Waals surface area contributed by atoms with Gasteiger partial charge in [-0.05, 0) is 26.2 Å². The first-order valence-electron chi connectivity index (χ1n) is 6.70. The first kappa shape index (κ1) is 17.1. The van der Waals surface area contributed by atoms with Crippen LogP contribution in [-0.4, -0.2) is 69.1 Å². The number of nitrogens with one attached hydrogen (secondary N) is 2. The molecule has 0 aromatic carbocycles. The van der Waals surface area contributed by atoms with Crippen molar-refractivity contribution in [3.63, 3.8) is 0 Å². The second kappa shape index (κ2) is 9.04. The van der Waals surface area contributed by atoms with E-state index in [2.05, 4.69) is 15.6 Å². The minimum atomic E-state index is -0.324. The molecule has 0 aliphatic carbocycles. The number of likely N-dealkylation sites (N-methyl/N-ethyl adjacent to an activating group) is 1. The fraction of sp³-hybridized carbons (Fsp3) is 0.500. The Morgan fingerprint density at radius 1 is 1.24 bits per heavy atom. The molecule has 0 saturated carbocycles. The molecule has 7 nitrogen and oxygen atoms in total. The highest BCUT2D eigenvalue weighted by molar-refractivity contribution is 5.98. The van der Waals surface area contributed by atoms with E-state index in [9.17, 15) is 9.59 Å².